The summed E-state index contributed by atoms with van der Waals surface area (Å²) in [4.78, 5) is 8.28. The number of para-hydroxylation sites is 1. The predicted molar refractivity (Wildman–Crippen MR) is 109 cm³/mol. The van der Waals surface area contributed by atoms with Crippen LogP contribution in [0.4, 0.5) is 5.69 Å². The lowest BCUT2D eigenvalue weighted by Gasteiger charge is -2.12. The van der Waals surface area contributed by atoms with Gasteiger partial charge in [0.05, 0.1) is 7.11 Å². The standard InChI is InChI=1S/C20H17N5O4S/c1-28-17-5-2-3-6-18(17)30(26,27)24-15-7-9-16(10-8-15)29-20-13-19(21-14-22-20)25-12-4-11-23-25/h2-14,24H,1H3. The van der Waals surface area contributed by atoms with E-state index >= 15 is 0 Å². The molecule has 152 valence electrons. The van der Waals surface area contributed by atoms with Gasteiger partial charge < -0.3 is 9.47 Å². The molecular weight excluding hydrogens is 406 g/mol. The van der Waals surface area contributed by atoms with Crippen LogP contribution in [0.2, 0.25) is 0 Å². The number of rotatable bonds is 7. The second kappa shape index (κ2) is 8.21. The van der Waals surface area contributed by atoms with Crippen LogP contribution in [0.15, 0.2) is 84.3 Å². The van der Waals surface area contributed by atoms with Crippen LogP contribution in [-0.2, 0) is 10.0 Å². The first-order valence-electron chi connectivity index (χ1n) is 8.81. The number of anilines is 1. The Labute approximate surface area is 173 Å². The summed E-state index contributed by atoms with van der Waals surface area (Å²) in [5.41, 5.74) is 0.383. The van der Waals surface area contributed by atoms with Crippen LogP contribution in [0.3, 0.4) is 0 Å². The molecule has 0 bridgehead atoms. The van der Waals surface area contributed by atoms with E-state index in [9.17, 15) is 8.42 Å². The number of nitrogens with one attached hydrogen (secondary N) is 1. The molecule has 1 N–H and O–H groups in total. The molecule has 0 spiro atoms. The molecule has 4 aromatic rings. The van der Waals surface area contributed by atoms with Gasteiger partial charge in [0.25, 0.3) is 10.0 Å². The molecule has 0 radical (unpaired) electrons. The summed E-state index contributed by atoms with van der Waals surface area (Å²) in [7, 11) is -2.38. The smallest absolute Gasteiger partial charge is 0.265 e. The Balaban J connectivity index is 1.49. The summed E-state index contributed by atoms with van der Waals surface area (Å²) < 4.78 is 40.3. The van der Waals surface area contributed by atoms with Gasteiger partial charge in [0, 0.05) is 24.1 Å². The van der Waals surface area contributed by atoms with E-state index in [4.69, 9.17) is 9.47 Å². The van der Waals surface area contributed by atoms with Crippen LogP contribution < -0.4 is 14.2 Å². The molecule has 2 aromatic carbocycles. The van der Waals surface area contributed by atoms with Crippen LogP contribution in [0.1, 0.15) is 0 Å². The van der Waals surface area contributed by atoms with Gasteiger partial charge in [-0.2, -0.15) is 5.10 Å². The van der Waals surface area contributed by atoms with Gasteiger partial charge in [-0.05, 0) is 42.5 Å². The molecule has 30 heavy (non-hydrogen) atoms. The molecule has 0 amide bonds. The number of benzene rings is 2. The van der Waals surface area contributed by atoms with Crippen molar-refractivity contribution in [1.82, 2.24) is 19.7 Å². The normalized spacial score (nSPS) is 11.1. The van der Waals surface area contributed by atoms with Crippen molar-refractivity contribution in [3.05, 3.63) is 79.4 Å². The minimum absolute atomic E-state index is 0.0555. The zero-order chi connectivity index (χ0) is 21.0. The van der Waals surface area contributed by atoms with Crippen molar-refractivity contribution in [2.24, 2.45) is 0 Å². The van der Waals surface area contributed by atoms with Gasteiger partial charge >= 0.3 is 0 Å². The van der Waals surface area contributed by atoms with E-state index in [0.717, 1.165) is 0 Å². The van der Waals surface area contributed by atoms with Gasteiger partial charge in [-0.15, -0.1) is 0 Å². The Bertz CT molecular complexity index is 1240. The highest BCUT2D eigenvalue weighted by Gasteiger charge is 2.19. The number of ether oxygens (including phenoxy) is 2. The highest BCUT2D eigenvalue weighted by atomic mass is 32.2. The van der Waals surface area contributed by atoms with Gasteiger partial charge in [-0.3, -0.25) is 4.72 Å². The number of methoxy groups -OCH3 is 1. The first-order chi connectivity index (χ1) is 14.5. The molecule has 0 saturated carbocycles. The predicted octanol–water partition coefficient (Wildman–Crippen LogP) is 3.26. The largest absolute Gasteiger partial charge is 0.495 e. The molecule has 0 atom stereocenters. The third-order valence-electron chi connectivity index (χ3n) is 4.05. The molecule has 0 aliphatic carbocycles. The van der Waals surface area contributed by atoms with Gasteiger partial charge in [0.2, 0.25) is 5.88 Å². The Morgan fingerprint density at radius 2 is 1.80 bits per heavy atom. The monoisotopic (exact) mass is 423 g/mol. The zero-order valence-electron chi connectivity index (χ0n) is 15.8. The van der Waals surface area contributed by atoms with E-state index in [1.165, 1.54) is 19.5 Å². The average Bonchev–Trinajstić information content (AvgIpc) is 3.30. The molecule has 2 aromatic heterocycles. The Kier molecular flexibility index (Phi) is 5.31. The number of hydrogen-bond acceptors (Lipinski definition) is 7. The summed E-state index contributed by atoms with van der Waals surface area (Å²) in [5.74, 6) is 1.64. The van der Waals surface area contributed by atoms with Crippen LogP contribution in [0, 0.1) is 0 Å². The Morgan fingerprint density at radius 3 is 2.53 bits per heavy atom. The molecule has 0 aliphatic rings. The second-order valence-electron chi connectivity index (χ2n) is 6.05. The fourth-order valence-electron chi connectivity index (χ4n) is 2.68. The van der Waals surface area contributed by atoms with Gasteiger partial charge in [0.15, 0.2) is 5.82 Å². The van der Waals surface area contributed by atoms with Crippen LogP contribution in [0.5, 0.6) is 17.4 Å². The molecule has 0 fully saturated rings. The minimum atomic E-state index is -3.80. The molecular formula is C20H17N5O4S. The molecule has 10 heteroatoms. The van der Waals surface area contributed by atoms with E-state index in [1.54, 1.807) is 71.7 Å². The van der Waals surface area contributed by atoms with Gasteiger partial charge in [-0.25, -0.2) is 23.1 Å². The van der Waals surface area contributed by atoms with Crippen molar-refractivity contribution in [3.8, 4) is 23.2 Å². The summed E-state index contributed by atoms with van der Waals surface area (Å²) in [5, 5.41) is 4.11. The molecule has 0 unspecified atom stereocenters. The van der Waals surface area contributed by atoms with E-state index in [2.05, 4.69) is 19.8 Å². The van der Waals surface area contributed by atoms with Gasteiger partial charge in [-0.1, -0.05) is 12.1 Å². The lowest BCUT2D eigenvalue weighted by atomic mass is 10.3. The fourth-order valence-corrected chi connectivity index (χ4v) is 3.91. The summed E-state index contributed by atoms with van der Waals surface area (Å²) in [6.07, 6.45) is 4.78. The van der Waals surface area contributed by atoms with E-state index in [0.29, 0.717) is 23.1 Å². The Morgan fingerprint density at radius 1 is 1.00 bits per heavy atom. The summed E-state index contributed by atoms with van der Waals surface area (Å²) in [6, 6.07) is 16.3. The highest BCUT2D eigenvalue weighted by Crippen LogP contribution is 2.27. The SMILES string of the molecule is COc1ccccc1S(=O)(=O)Nc1ccc(Oc2cc(-n3cccn3)ncn2)cc1. The molecule has 0 aliphatic heterocycles. The topological polar surface area (TPSA) is 108 Å². The third-order valence-corrected chi connectivity index (χ3v) is 5.47. The number of sulfonamides is 1. The van der Waals surface area contributed by atoms with Crippen molar-refractivity contribution >= 4 is 15.7 Å². The van der Waals surface area contributed by atoms with Crippen molar-refractivity contribution in [1.29, 1.82) is 0 Å². The number of aromatic nitrogens is 4. The maximum Gasteiger partial charge on any atom is 0.265 e. The molecule has 0 saturated heterocycles. The van der Waals surface area contributed by atoms with E-state index < -0.39 is 10.0 Å². The van der Waals surface area contributed by atoms with E-state index in [1.807, 2.05) is 0 Å². The number of hydrogen-bond donors (Lipinski definition) is 1. The van der Waals surface area contributed by atoms with Crippen LogP contribution in [0.25, 0.3) is 5.82 Å². The van der Waals surface area contributed by atoms with Crippen molar-refractivity contribution in [2.45, 2.75) is 4.90 Å². The van der Waals surface area contributed by atoms with Crippen LogP contribution >= 0.6 is 0 Å². The second-order valence-corrected chi connectivity index (χ2v) is 7.70. The lowest BCUT2D eigenvalue weighted by molar-refractivity contribution is 0.403. The molecule has 2 heterocycles. The summed E-state index contributed by atoms with van der Waals surface area (Å²) in [6.45, 7) is 0. The lowest BCUT2D eigenvalue weighted by Crippen LogP contribution is -2.13. The quantitative estimate of drug-likeness (QED) is 0.486. The first-order valence-corrected chi connectivity index (χ1v) is 10.3. The van der Waals surface area contributed by atoms with Crippen molar-refractivity contribution in [3.63, 3.8) is 0 Å². The minimum Gasteiger partial charge on any atom is -0.495 e. The molecule has 9 nitrogen and oxygen atoms in total. The first kappa shape index (κ1) is 19.4. The highest BCUT2D eigenvalue weighted by molar-refractivity contribution is 7.92. The van der Waals surface area contributed by atoms with Gasteiger partial charge in [0.1, 0.15) is 22.7 Å². The maximum absolute atomic E-state index is 12.7. The third kappa shape index (κ3) is 4.23. The van der Waals surface area contributed by atoms with E-state index in [-0.39, 0.29) is 10.6 Å². The molecule has 4 rings (SSSR count). The van der Waals surface area contributed by atoms with Crippen LogP contribution in [-0.4, -0.2) is 35.3 Å². The van der Waals surface area contributed by atoms with Crippen molar-refractivity contribution < 1.29 is 17.9 Å². The number of nitrogens with zero attached hydrogens (tertiary/aromatic N) is 4. The van der Waals surface area contributed by atoms with Crippen molar-refractivity contribution in [2.75, 3.05) is 11.8 Å². The maximum atomic E-state index is 12.7. The Hall–Kier alpha value is -3.92. The summed E-state index contributed by atoms with van der Waals surface area (Å²) >= 11 is 0. The zero-order valence-corrected chi connectivity index (χ0v) is 16.7. The average molecular weight is 423 g/mol. The fraction of sp³-hybridized carbons (Fsp3) is 0.0500.